The zero-order chi connectivity index (χ0) is 13.0. The van der Waals surface area contributed by atoms with Crippen LogP contribution in [0.25, 0.3) is 0 Å². The van der Waals surface area contributed by atoms with Gasteiger partial charge in [0.1, 0.15) is 0 Å². The minimum absolute atomic E-state index is 0.200. The molecule has 3 unspecified atom stereocenters. The minimum Gasteiger partial charge on any atom is -0.349 e. The van der Waals surface area contributed by atoms with Crippen LogP contribution in [0.5, 0.6) is 0 Å². The molecule has 1 saturated heterocycles. The van der Waals surface area contributed by atoms with Crippen molar-refractivity contribution in [1.29, 1.82) is 0 Å². The molecule has 17 heavy (non-hydrogen) atoms. The number of amides is 1. The molecule has 1 rings (SSSR count). The van der Waals surface area contributed by atoms with Gasteiger partial charge in [0.15, 0.2) is 0 Å². The van der Waals surface area contributed by atoms with Crippen molar-refractivity contribution >= 4 is 5.91 Å². The first kappa shape index (κ1) is 14.5. The second-order valence-corrected chi connectivity index (χ2v) is 5.60. The molecule has 0 aliphatic carbocycles. The number of carbonyl (C=O) groups excluding carboxylic acids is 1. The average Bonchev–Trinajstić information content (AvgIpc) is 2.25. The van der Waals surface area contributed by atoms with E-state index in [0.717, 1.165) is 13.1 Å². The van der Waals surface area contributed by atoms with Gasteiger partial charge < -0.3 is 15.1 Å². The van der Waals surface area contributed by atoms with Crippen LogP contribution >= 0.6 is 0 Å². The molecule has 1 aliphatic heterocycles. The van der Waals surface area contributed by atoms with Crippen molar-refractivity contribution in [3.05, 3.63) is 0 Å². The van der Waals surface area contributed by atoms with Crippen LogP contribution < -0.4 is 5.32 Å². The SMILES string of the molecule is CC1CN(C)C(C)CC1NCCC(=O)N(C)C. The predicted octanol–water partition coefficient (Wildman–Crippen LogP) is 0.783. The van der Waals surface area contributed by atoms with Crippen molar-refractivity contribution in [3.63, 3.8) is 0 Å². The first-order chi connectivity index (χ1) is 7.91. The van der Waals surface area contributed by atoms with Crippen LogP contribution in [0.15, 0.2) is 0 Å². The molecule has 0 bridgehead atoms. The third kappa shape index (κ3) is 4.28. The third-order valence-corrected chi connectivity index (χ3v) is 3.85. The topological polar surface area (TPSA) is 35.6 Å². The summed E-state index contributed by atoms with van der Waals surface area (Å²) in [6, 6.07) is 1.18. The van der Waals surface area contributed by atoms with Crippen LogP contribution in [-0.4, -0.2) is 62.0 Å². The van der Waals surface area contributed by atoms with E-state index in [-0.39, 0.29) is 5.91 Å². The molecule has 1 fully saturated rings. The zero-order valence-corrected chi connectivity index (χ0v) is 11.9. The van der Waals surface area contributed by atoms with E-state index in [0.29, 0.717) is 24.4 Å². The molecule has 4 nitrogen and oxygen atoms in total. The van der Waals surface area contributed by atoms with Gasteiger partial charge in [0.25, 0.3) is 0 Å². The number of rotatable bonds is 4. The molecular formula is C13H27N3O. The summed E-state index contributed by atoms with van der Waals surface area (Å²) in [4.78, 5) is 15.5. The van der Waals surface area contributed by atoms with Crippen molar-refractivity contribution in [2.24, 2.45) is 5.92 Å². The van der Waals surface area contributed by atoms with Gasteiger partial charge in [0.2, 0.25) is 5.91 Å². The minimum atomic E-state index is 0.200. The van der Waals surface area contributed by atoms with Crippen molar-refractivity contribution in [1.82, 2.24) is 15.1 Å². The van der Waals surface area contributed by atoms with E-state index < -0.39 is 0 Å². The molecule has 1 aliphatic rings. The first-order valence-corrected chi connectivity index (χ1v) is 6.55. The second kappa shape index (κ2) is 6.36. The summed E-state index contributed by atoms with van der Waals surface area (Å²) < 4.78 is 0. The number of hydrogen-bond donors (Lipinski definition) is 1. The van der Waals surface area contributed by atoms with Crippen LogP contribution in [0.2, 0.25) is 0 Å². The summed E-state index contributed by atoms with van der Waals surface area (Å²) >= 11 is 0. The van der Waals surface area contributed by atoms with Crippen LogP contribution in [0.3, 0.4) is 0 Å². The molecule has 0 aromatic rings. The standard InChI is InChI=1S/C13H27N3O/c1-10-9-16(5)11(2)8-12(10)14-7-6-13(17)15(3)4/h10-12,14H,6-9H2,1-5H3. The van der Waals surface area contributed by atoms with Gasteiger partial charge in [-0.05, 0) is 26.3 Å². The number of hydrogen-bond acceptors (Lipinski definition) is 3. The fourth-order valence-electron chi connectivity index (χ4n) is 2.41. The third-order valence-electron chi connectivity index (χ3n) is 3.85. The lowest BCUT2D eigenvalue weighted by Gasteiger charge is -2.40. The van der Waals surface area contributed by atoms with E-state index in [9.17, 15) is 4.79 Å². The Bertz CT molecular complexity index is 255. The number of likely N-dealkylation sites (tertiary alicyclic amines) is 1. The Kier molecular flexibility index (Phi) is 5.40. The Morgan fingerprint density at radius 3 is 2.65 bits per heavy atom. The van der Waals surface area contributed by atoms with Gasteiger partial charge in [0.05, 0.1) is 0 Å². The highest BCUT2D eigenvalue weighted by Gasteiger charge is 2.28. The molecule has 0 aromatic heterocycles. The summed E-state index contributed by atoms with van der Waals surface area (Å²) in [5.74, 6) is 0.858. The van der Waals surface area contributed by atoms with Gasteiger partial charge in [-0.3, -0.25) is 4.79 Å². The normalized spacial score (nSPS) is 30.3. The van der Waals surface area contributed by atoms with Crippen LogP contribution in [-0.2, 0) is 4.79 Å². The van der Waals surface area contributed by atoms with E-state index >= 15 is 0 Å². The lowest BCUT2D eigenvalue weighted by atomic mass is 9.90. The largest absolute Gasteiger partial charge is 0.349 e. The monoisotopic (exact) mass is 241 g/mol. The Balaban J connectivity index is 2.29. The molecule has 0 aromatic carbocycles. The Labute approximate surface area is 105 Å². The maximum absolute atomic E-state index is 11.5. The summed E-state index contributed by atoms with van der Waals surface area (Å²) in [6.45, 7) is 6.49. The maximum atomic E-state index is 11.5. The van der Waals surface area contributed by atoms with Gasteiger partial charge in [0, 0.05) is 45.7 Å². The number of nitrogens with zero attached hydrogens (tertiary/aromatic N) is 2. The van der Waals surface area contributed by atoms with Gasteiger partial charge in [-0.15, -0.1) is 0 Å². The van der Waals surface area contributed by atoms with E-state index in [1.165, 1.54) is 6.42 Å². The molecule has 0 spiro atoms. The van der Waals surface area contributed by atoms with E-state index in [1.54, 1.807) is 4.90 Å². The molecule has 0 radical (unpaired) electrons. The second-order valence-electron chi connectivity index (χ2n) is 5.60. The Hall–Kier alpha value is -0.610. The molecular weight excluding hydrogens is 214 g/mol. The Morgan fingerprint density at radius 2 is 2.06 bits per heavy atom. The lowest BCUT2D eigenvalue weighted by molar-refractivity contribution is -0.128. The van der Waals surface area contributed by atoms with Crippen LogP contribution in [0.1, 0.15) is 26.7 Å². The number of piperidine rings is 1. The van der Waals surface area contributed by atoms with E-state index in [4.69, 9.17) is 0 Å². The quantitative estimate of drug-likeness (QED) is 0.790. The lowest BCUT2D eigenvalue weighted by Crippen LogP contribution is -2.51. The highest BCUT2D eigenvalue weighted by Crippen LogP contribution is 2.20. The number of nitrogens with one attached hydrogen (secondary N) is 1. The van der Waals surface area contributed by atoms with E-state index in [2.05, 4.69) is 31.1 Å². The highest BCUT2D eigenvalue weighted by atomic mass is 16.2. The van der Waals surface area contributed by atoms with Crippen LogP contribution in [0.4, 0.5) is 0 Å². The summed E-state index contributed by atoms with van der Waals surface area (Å²) in [5, 5.41) is 3.53. The van der Waals surface area contributed by atoms with E-state index in [1.807, 2.05) is 14.1 Å². The summed E-state index contributed by atoms with van der Waals surface area (Å²) in [5.41, 5.74) is 0. The first-order valence-electron chi connectivity index (χ1n) is 6.55. The van der Waals surface area contributed by atoms with Crippen LogP contribution in [0, 0.1) is 5.92 Å². The number of carbonyl (C=O) groups is 1. The fraction of sp³-hybridized carbons (Fsp3) is 0.923. The van der Waals surface area contributed by atoms with Crippen molar-refractivity contribution in [3.8, 4) is 0 Å². The molecule has 1 heterocycles. The Morgan fingerprint density at radius 1 is 1.41 bits per heavy atom. The van der Waals surface area contributed by atoms with Gasteiger partial charge >= 0.3 is 0 Å². The van der Waals surface area contributed by atoms with Crippen molar-refractivity contribution < 1.29 is 4.79 Å². The molecule has 4 heteroatoms. The molecule has 100 valence electrons. The average molecular weight is 241 g/mol. The molecule has 1 amide bonds. The fourth-order valence-corrected chi connectivity index (χ4v) is 2.41. The van der Waals surface area contributed by atoms with Gasteiger partial charge in [-0.1, -0.05) is 6.92 Å². The highest BCUT2D eigenvalue weighted by molar-refractivity contribution is 5.75. The molecule has 3 atom stereocenters. The maximum Gasteiger partial charge on any atom is 0.223 e. The van der Waals surface area contributed by atoms with Gasteiger partial charge in [-0.2, -0.15) is 0 Å². The van der Waals surface area contributed by atoms with Crippen molar-refractivity contribution in [2.45, 2.75) is 38.8 Å². The predicted molar refractivity (Wildman–Crippen MR) is 71.0 cm³/mol. The summed E-state index contributed by atoms with van der Waals surface area (Å²) in [6.07, 6.45) is 1.77. The van der Waals surface area contributed by atoms with Crippen molar-refractivity contribution in [2.75, 3.05) is 34.2 Å². The molecule has 0 saturated carbocycles. The smallest absolute Gasteiger partial charge is 0.223 e. The van der Waals surface area contributed by atoms with Gasteiger partial charge in [-0.25, -0.2) is 0 Å². The molecule has 1 N–H and O–H groups in total. The zero-order valence-electron chi connectivity index (χ0n) is 11.9. The summed E-state index contributed by atoms with van der Waals surface area (Å²) in [7, 11) is 5.80.